The number of nitrogens with one attached hydrogen (secondary N) is 1. The third-order valence-electron chi connectivity index (χ3n) is 4.82. The van der Waals surface area contributed by atoms with Crippen molar-refractivity contribution in [2.45, 2.75) is 20.8 Å². The van der Waals surface area contributed by atoms with Crippen LogP contribution >= 0.6 is 24.0 Å². The second kappa shape index (κ2) is 12.5. The Bertz CT molecular complexity index is 733. The normalized spacial score (nSPS) is 15.4. The van der Waals surface area contributed by atoms with Crippen molar-refractivity contribution in [1.82, 2.24) is 14.5 Å². The first kappa shape index (κ1) is 25.9. The molecule has 1 aromatic carbocycles. The number of rotatable bonds is 8. The van der Waals surface area contributed by atoms with Crippen LogP contribution in [0.5, 0.6) is 0 Å². The third-order valence-corrected chi connectivity index (χ3v) is 6.82. The molecule has 0 radical (unpaired) electrons. The fourth-order valence-electron chi connectivity index (χ4n) is 3.27. The smallest absolute Gasteiger partial charge is 0.215 e. The number of benzene rings is 1. The highest BCUT2D eigenvalue weighted by Gasteiger charge is 2.21. The highest BCUT2D eigenvalue weighted by atomic mass is 127. The van der Waals surface area contributed by atoms with E-state index in [4.69, 9.17) is 0 Å². The summed E-state index contributed by atoms with van der Waals surface area (Å²) in [6.07, 6.45) is 0. The van der Waals surface area contributed by atoms with Crippen LogP contribution in [0.15, 0.2) is 29.3 Å². The number of piperazine rings is 1. The van der Waals surface area contributed by atoms with Gasteiger partial charge in [-0.1, -0.05) is 13.8 Å². The van der Waals surface area contributed by atoms with Gasteiger partial charge in [0.05, 0.1) is 12.3 Å². The lowest BCUT2D eigenvalue weighted by molar-refractivity contribution is 0.373. The molecule has 1 heterocycles. The standard InChI is InChI=1S/C19H32FN5O2S.HI/c1-4-21-19(22-11-16-28(26,27)25(5-2)6-3)24-14-12-23(13-15-24)18-9-7-17(20)8-10-18;/h7-10H,4-6,11-16H2,1-3H3,(H,21,22);1H. The summed E-state index contributed by atoms with van der Waals surface area (Å²) >= 11 is 0. The number of aliphatic imine (C=N–C) groups is 1. The van der Waals surface area contributed by atoms with Crippen molar-refractivity contribution in [1.29, 1.82) is 0 Å². The molecular weight excluding hydrogens is 508 g/mol. The Kier molecular flexibility index (Phi) is 11.2. The van der Waals surface area contributed by atoms with Crippen molar-refractivity contribution < 1.29 is 12.8 Å². The molecule has 1 aliphatic rings. The fourth-order valence-corrected chi connectivity index (χ4v) is 4.63. The molecule has 1 N–H and O–H groups in total. The summed E-state index contributed by atoms with van der Waals surface area (Å²) < 4.78 is 39.2. The molecule has 0 unspecified atom stereocenters. The van der Waals surface area contributed by atoms with Gasteiger partial charge in [0.2, 0.25) is 10.0 Å². The lowest BCUT2D eigenvalue weighted by Crippen LogP contribution is -2.52. The molecule has 7 nitrogen and oxygen atoms in total. The monoisotopic (exact) mass is 541 g/mol. The summed E-state index contributed by atoms with van der Waals surface area (Å²) in [5.41, 5.74) is 1.01. The number of hydrogen-bond donors (Lipinski definition) is 1. The highest BCUT2D eigenvalue weighted by molar-refractivity contribution is 14.0. The zero-order chi connectivity index (χ0) is 20.6. The molecule has 1 aromatic rings. The van der Waals surface area contributed by atoms with E-state index in [9.17, 15) is 12.8 Å². The van der Waals surface area contributed by atoms with Crippen LogP contribution in [0.4, 0.5) is 10.1 Å². The van der Waals surface area contributed by atoms with Crippen molar-refractivity contribution in [3.05, 3.63) is 30.1 Å². The van der Waals surface area contributed by atoms with Crippen LogP contribution in [0.1, 0.15) is 20.8 Å². The Balaban J connectivity index is 0.00000420. The third kappa shape index (κ3) is 7.56. The fraction of sp³-hybridized carbons (Fsp3) is 0.632. The first-order chi connectivity index (χ1) is 13.4. The SMILES string of the molecule is CCNC(=NCCS(=O)(=O)N(CC)CC)N1CCN(c2ccc(F)cc2)CC1.I. The van der Waals surface area contributed by atoms with E-state index in [1.54, 1.807) is 12.1 Å². The lowest BCUT2D eigenvalue weighted by Gasteiger charge is -2.37. The van der Waals surface area contributed by atoms with Crippen molar-refractivity contribution in [2.75, 3.05) is 63.0 Å². The van der Waals surface area contributed by atoms with E-state index in [1.807, 2.05) is 20.8 Å². The molecule has 29 heavy (non-hydrogen) atoms. The van der Waals surface area contributed by atoms with E-state index in [1.165, 1.54) is 16.4 Å². The Morgan fingerprint density at radius 1 is 1.10 bits per heavy atom. The number of hydrogen-bond acceptors (Lipinski definition) is 4. The zero-order valence-electron chi connectivity index (χ0n) is 17.5. The number of anilines is 1. The Labute approximate surface area is 191 Å². The first-order valence-corrected chi connectivity index (χ1v) is 11.5. The average Bonchev–Trinajstić information content (AvgIpc) is 2.69. The number of guanidine groups is 1. The van der Waals surface area contributed by atoms with Crippen LogP contribution < -0.4 is 10.2 Å². The molecule has 0 aliphatic carbocycles. The van der Waals surface area contributed by atoms with Gasteiger partial charge in [0.15, 0.2) is 5.96 Å². The molecule has 0 saturated carbocycles. The maximum atomic E-state index is 13.1. The van der Waals surface area contributed by atoms with Gasteiger partial charge >= 0.3 is 0 Å². The van der Waals surface area contributed by atoms with Gasteiger partial charge in [-0.05, 0) is 31.2 Å². The van der Waals surface area contributed by atoms with Crippen molar-refractivity contribution >= 4 is 45.6 Å². The largest absolute Gasteiger partial charge is 0.368 e. The van der Waals surface area contributed by atoms with Crippen LogP contribution in [0.25, 0.3) is 0 Å². The van der Waals surface area contributed by atoms with Crippen LogP contribution in [-0.2, 0) is 10.0 Å². The molecule has 1 fully saturated rings. The van der Waals surface area contributed by atoms with Crippen molar-refractivity contribution in [3.63, 3.8) is 0 Å². The predicted molar refractivity (Wildman–Crippen MR) is 128 cm³/mol. The van der Waals surface area contributed by atoms with E-state index < -0.39 is 10.0 Å². The predicted octanol–water partition coefficient (Wildman–Crippen LogP) is 2.20. The molecule has 0 bridgehead atoms. The lowest BCUT2D eigenvalue weighted by atomic mass is 10.2. The summed E-state index contributed by atoms with van der Waals surface area (Å²) in [7, 11) is -3.27. The quantitative estimate of drug-likeness (QED) is 0.311. The molecule has 0 spiro atoms. The molecule has 10 heteroatoms. The Hall–Kier alpha value is -1.14. The van der Waals surface area contributed by atoms with E-state index >= 15 is 0 Å². The van der Waals surface area contributed by atoms with Gasteiger partial charge in [-0.25, -0.2) is 17.1 Å². The molecule has 0 amide bonds. The molecule has 1 aliphatic heterocycles. The van der Waals surface area contributed by atoms with Gasteiger partial charge in [-0.3, -0.25) is 4.99 Å². The topological polar surface area (TPSA) is 68.2 Å². The molecular formula is C19H33FIN5O2S. The second-order valence-corrected chi connectivity index (χ2v) is 8.67. The number of sulfonamides is 1. The van der Waals surface area contributed by atoms with Gasteiger partial charge in [0, 0.05) is 51.5 Å². The number of nitrogens with zero attached hydrogens (tertiary/aromatic N) is 4. The maximum Gasteiger partial charge on any atom is 0.215 e. The van der Waals surface area contributed by atoms with Crippen LogP contribution in [0.2, 0.25) is 0 Å². The molecule has 2 rings (SSSR count). The van der Waals surface area contributed by atoms with Crippen molar-refractivity contribution in [3.8, 4) is 0 Å². The minimum atomic E-state index is -3.27. The van der Waals surface area contributed by atoms with E-state index in [0.717, 1.165) is 44.4 Å². The maximum absolute atomic E-state index is 13.1. The molecule has 0 atom stereocenters. The Morgan fingerprint density at radius 3 is 2.21 bits per heavy atom. The van der Waals surface area contributed by atoms with Crippen LogP contribution in [0.3, 0.4) is 0 Å². The van der Waals surface area contributed by atoms with Gasteiger partial charge in [0.1, 0.15) is 5.82 Å². The summed E-state index contributed by atoms with van der Waals surface area (Å²) in [5.74, 6) is 0.527. The summed E-state index contributed by atoms with van der Waals surface area (Å²) in [5, 5.41) is 3.26. The van der Waals surface area contributed by atoms with Gasteiger partial charge in [-0.2, -0.15) is 0 Å². The van der Waals surface area contributed by atoms with E-state index in [2.05, 4.69) is 20.1 Å². The summed E-state index contributed by atoms with van der Waals surface area (Å²) in [6, 6.07) is 6.54. The molecule has 0 aromatic heterocycles. The van der Waals surface area contributed by atoms with Gasteiger partial charge < -0.3 is 15.1 Å². The van der Waals surface area contributed by atoms with Gasteiger partial charge in [-0.15, -0.1) is 24.0 Å². The molecule has 1 saturated heterocycles. The highest BCUT2D eigenvalue weighted by Crippen LogP contribution is 2.17. The first-order valence-electron chi connectivity index (χ1n) is 9.92. The average molecular weight is 541 g/mol. The van der Waals surface area contributed by atoms with Crippen LogP contribution in [-0.4, -0.2) is 81.7 Å². The minimum absolute atomic E-state index is 0. The molecule has 166 valence electrons. The summed E-state index contributed by atoms with van der Waals surface area (Å²) in [6.45, 7) is 10.7. The Morgan fingerprint density at radius 2 is 1.69 bits per heavy atom. The van der Waals surface area contributed by atoms with E-state index in [0.29, 0.717) is 13.1 Å². The zero-order valence-corrected chi connectivity index (χ0v) is 20.6. The summed E-state index contributed by atoms with van der Waals surface area (Å²) in [4.78, 5) is 8.90. The van der Waals surface area contributed by atoms with E-state index in [-0.39, 0.29) is 42.1 Å². The number of halogens is 2. The van der Waals surface area contributed by atoms with Crippen LogP contribution in [0, 0.1) is 5.82 Å². The minimum Gasteiger partial charge on any atom is -0.368 e. The second-order valence-electron chi connectivity index (χ2n) is 6.59. The van der Waals surface area contributed by atoms with Crippen molar-refractivity contribution in [2.24, 2.45) is 4.99 Å². The van der Waals surface area contributed by atoms with Gasteiger partial charge in [0.25, 0.3) is 0 Å².